The van der Waals surface area contributed by atoms with Crippen molar-refractivity contribution in [2.45, 2.75) is 23.4 Å². The van der Waals surface area contributed by atoms with Gasteiger partial charge in [0.25, 0.3) is 0 Å². The van der Waals surface area contributed by atoms with Crippen LogP contribution in [0.15, 0.2) is 76.7 Å². The number of rotatable bonds is 7. The summed E-state index contributed by atoms with van der Waals surface area (Å²) in [5.41, 5.74) is 5.38. The van der Waals surface area contributed by atoms with Gasteiger partial charge in [-0.2, -0.15) is 15.1 Å². The summed E-state index contributed by atoms with van der Waals surface area (Å²) < 4.78 is 34.5. The minimum absolute atomic E-state index is 0.0279. The van der Waals surface area contributed by atoms with Crippen LogP contribution in [0.1, 0.15) is 35.2 Å². The predicted octanol–water partition coefficient (Wildman–Crippen LogP) is 4.98. The lowest BCUT2D eigenvalue weighted by atomic mass is 9.96. The molecule has 10 heteroatoms. The van der Waals surface area contributed by atoms with Gasteiger partial charge in [-0.25, -0.2) is 8.42 Å². The van der Waals surface area contributed by atoms with E-state index in [0.717, 1.165) is 11.3 Å². The van der Waals surface area contributed by atoms with E-state index in [1.165, 1.54) is 24.3 Å². The average molecular weight is 515 g/mol. The molecule has 0 radical (unpaired) electrons. The highest BCUT2D eigenvalue weighted by Crippen LogP contribution is 2.33. The number of hydrazone groups is 1. The minimum atomic E-state index is -4.01. The third kappa shape index (κ3) is 5.18. The first-order valence-electron chi connectivity index (χ1n) is 10.2. The molecule has 3 aromatic carbocycles. The quantitative estimate of drug-likeness (QED) is 0.462. The van der Waals surface area contributed by atoms with Gasteiger partial charge in [-0.3, -0.25) is 0 Å². The third-order valence-corrected chi connectivity index (χ3v) is 7.43. The van der Waals surface area contributed by atoms with Crippen molar-refractivity contribution in [2.75, 3.05) is 7.11 Å². The number of nitrogens with one attached hydrogen (secondary N) is 2. The second kappa shape index (κ2) is 10.0. The van der Waals surface area contributed by atoms with Gasteiger partial charge < -0.3 is 10.2 Å². The van der Waals surface area contributed by atoms with Crippen LogP contribution in [0.2, 0.25) is 10.0 Å². The highest BCUT2D eigenvalue weighted by molar-refractivity contribution is 7.89. The van der Waals surface area contributed by atoms with Gasteiger partial charge in [0.15, 0.2) is 0 Å². The Kier molecular flexibility index (Phi) is 7.10. The molecule has 7 nitrogen and oxygen atoms in total. The topological polar surface area (TPSA) is 104 Å². The Labute approximate surface area is 208 Å². The standard InChI is InChI=1S/C24H20Cl2N4O3S/c1-33-18-8-5-16(6-9-18)22-13-23(29-28-22)24(20-10-7-17(25)12-21(20)26)30-34(31,32)19-4-2-3-15(11-19)14-27/h2-12,22,24,28,30H,13H2,1H3. The molecule has 0 spiro atoms. The predicted molar refractivity (Wildman–Crippen MR) is 132 cm³/mol. The molecular formula is C24H20Cl2N4O3S. The maximum Gasteiger partial charge on any atom is 0.241 e. The van der Waals surface area contributed by atoms with Crippen molar-refractivity contribution in [3.63, 3.8) is 0 Å². The van der Waals surface area contributed by atoms with Gasteiger partial charge in [0.1, 0.15) is 5.75 Å². The summed E-state index contributed by atoms with van der Waals surface area (Å²) >= 11 is 12.5. The molecule has 0 amide bonds. The van der Waals surface area contributed by atoms with E-state index in [0.29, 0.717) is 27.7 Å². The second-order valence-electron chi connectivity index (χ2n) is 7.62. The second-order valence-corrected chi connectivity index (χ2v) is 10.2. The molecular weight excluding hydrogens is 495 g/mol. The summed E-state index contributed by atoms with van der Waals surface area (Å²) in [6.07, 6.45) is 0.441. The summed E-state index contributed by atoms with van der Waals surface area (Å²) in [6.45, 7) is 0. The lowest BCUT2D eigenvalue weighted by Gasteiger charge is -2.21. The zero-order chi connectivity index (χ0) is 24.3. The van der Waals surface area contributed by atoms with Crippen molar-refractivity contribution in [1.29, 1.82) is 5.26 Å². The fraction of sp³-hybridized carbons (Fsp3) is 0.167. The number of nitriles is 1. The van der Waals surface area contributed by atoms with Gasteiger partial charge in [0.2, 0.25) is 10.0 Å². The van der Waals surface area contributed by atoms with Crippen LogP contribution < -0.4 is 14.9 Å². The molecule has 174 valence electrons. The van der Waals surface area contributed by atoms with Gasteiger partial charge >= 0.3 is 0 Å². The van der Waals surface area contributed by atoms with E-state index in [1.807, 2.05) is 30.3 Å². The zero-order valence-electron chi connectivity index (χ0n) is 18.0. The smallest absolute Gasteiger partial charge is 0.241 e. The number of halogens is 2. The highest BCUT2D eigenvalue weighted by Gasteiger charge is 2.32. The van der Waals surface area contributed by atoms with Gasteiger partial charge in [-0.15, -0.1) is 0 Å². The molecule has 0 saturated carbocycles. The van der Waals surface area contributed by atoms with E-state index in [9.17, 15) is 8.42 Å². The summed E-state index contributed by atoms with van der Waals surface area (Å²) in [5, 5.41) is 14.4. The number of ether oxygens (including phenoxy) is 1. The molecule has 0 aromatic heterocycles. The van der Waals surface area contributed by atoms with E-state index >= 15 is 0 Å². The van der Waals surface area contributed by atoms with Gasteiger partial charge in [0, 0.05) is 16.5 Å². The zero-order valence-corrected chi connectivity index (χ0v) is 20.3. The monoisotopic (exact) mass is 514 g/mol. The van der Waals surface area contributed by atoms with Crippen molar-refractivity contribution in [3.05, 3.63) is 93.5 Å². The van der Waals surface area contributed by atoms with Crippen LogP contribution in [0, 0.1) is 11.3 Å². The van der Waals surface area contributed by atoms with Crippen molar-refractivity contribution < 1.29 is 13.2 Å². The number of nitrogens with zero attached hydrogens (tertiary/aromatic N) is 2. The maximum absolute atomic E-state index is 13.3. The lowest BCUT2D eigenvalue weighted by molar-refractivity contribution is 0.414. The summed E-state index contributed by atoms with van der Waals surface area (Å²) in [4.78, 5) is -0.0279. The molecule has 0 aliphatic carbocycles. The van der Waals surface area contributed by atoms with Gasteiger partial charge in [-0.05, 0) is 53.6 Å². The van der Waals surface area contributed by atoms with E-state index in [-0.39, 0.29) is 16.5 Å². The van der Waals surface area contributed by atoms with Crippen LogP contribution in [0.4, 0.5) is 0 Å². The van der Waals surface area contributed by atoms with Crippen molar-refractivity contribution >= 4 is 38.9 Å². The van der Waals surface area contributed by atoms with Crippen LogP contribution in [0.5, 0.6) is 5.75 Å². The fourth-order valence-electron chi connectivity index (χ4n) is 3.67. The van der Waals surface area contributed by atoms with E-state index in [1.54, 1.807) is 25.3 Å². The van der Waals surface area contributed by atoms with Crippen LogP contribution in [0.3, 0.4) is 0 Å². The number of methoxy groups -OCH3 is 1. The summed E-state index contributed by atoms with van der Waals surface area (Å²) in [7, 11) is -2.41. The van der Waals surface area contributed by atoms with Crippen LogP contribution in [-0.4, -0.2) is 21.2 Å². The van der Waals surface area contributed by atoms with Crippen molar-refractivity contribution in [3.8, 4) is 11.8 Å². The molecule has 2 N–H and O–H groups in total. The number of hydrogen-bond donors (Lipinski definition) is 2. The first kappa shape index (κ1) is 24.0. The minimum Gasteiger partial charge on any atom is -0.497 e. The Morgan fingerprint density at radius 2 is 1.91 bits per heavy atom. The van der Waals surface area contributed by atoms with E-state index < -0.39 is 16.1 Å². The molecule has 0 saturated heterocycles. The Morgan fingerprint density at radius 1 is 1.15 bits per heavy atom. The molecule has 4 rings (SSSR count). The van der Waals surface area contributed by atoms with Crippen molar-refractivity contribution in [1.82, 2.24) is 10.1 Å². The molecule has 0 bridgehead atoms. The summed E-state index contributed by atoms with van der Waals surface area (Å²) in [6, 6.07) is 19.2. The van der Waals surface area contributed by atoms with Crippen LogP contribution >= 0.6 is 23.2 Å². The van der Waals surface area contributed by atoms with Crippen molar-refractivity contribution in [2.24, 2.45) is 5.10 Å². The Bertz CT molecular complexity index is 1390. The van der Waals surface area contributed by atoms with E-state index in [2.05, 4.69) is 15.2 Å². The molecule has 1 heterocycles. The van der Waals surface area contributed by atoms with E-state index in [4.69, 9.17) is 33.2 Å². The lowest BCUT2D eigenvalue weighted by Crippen LogP contribution is -2.33. The molecule has 1 aliphatic heterocycles. The highest BCUT2D eigenvalue weighted by atomic mass is 35.5. The Balaban J connectivity index is 1.67. The van der Waals surface area contributed by atoms with Crippen LogP contribution in [0.25, 0.3) is 0 Å². The SMILES string of the molecule is COc1ccc(C2CC(C(NS(=O)(=O)c3cccc(C#N)c3)c3ccc(Cl)cc3Cl)=NN2)cc1. The molecule has 34 heavy (non-hydrogen) atoms. The maximum atomic E-state index is 13.3. The average Bonchev–Trinajstić information content (AvgIpc) is 3.33. The molecule has 2 atom stereocenters. The number of hydrogen-bond acceptors (Lipinski definition) is 6. The van der Waals surface area contributed by atoms with Gasteiger partial charge in [0.05, 0.1) is 41.4 Å². The normalized spacial score (nSPS) is 16.3. The largest absolute Gasteiger partial charge is 0.497 e. The third-order valence-electron chi connectivity index (χ3n) is 5.45. The molecule has 3 aromatic rings. The van der Waals surface area contributed by atoms with Gasteiger partial charge in [-0.1, -0.05) is 47.5 Å². The molecule has 0 fully saturated rings. The van der Waals surface area contributed by atoms with Crippen LogP contribution in [-0.2, 0) is 10.0 Å². The molecule has 1 aliphatic rings. The fourth-order valence-corrected chi connectivity index (χ4v) is 5.44. The Hall–Kier alpha value is -3.09. The molecule has 2 unspecified atom stereocenters. The number of sulfonamides is 1. The first-order chi connectivity index (χ1) is 16.3. The summed E-state index contributed by atoms with van der Waals surface area (Å²) in [5.74, 6) is 0.737. The first-order valence-corrected chi connectivity index (χ1v) is 12.5. The number of benzene rings is 3. The Morgan fingerprint density at radius 3 is 2.59 bits per heavy atom.